The van der Waals surface area contributed by atoms with Gasteiger partial charge in [-0.3, -0.25) is 0 Å². The molecular formula is C58H74O6. The van der Waals surface area contributed by atoms with E-state index in [2.05, 4.69) is 198 Å². The van der Waals surface area contributed by atoms with Crippen molar-refractivity contribution in [1.82, 2.24) is 0 Å². The standard InChI is InChI=1S/C32H36O5.C26H24.H2O.6H2/c1-8-12-15-18-29(23-36-25-34-6)27(5)21-31(32(33)20-17-14-10-3)22-28(11-4)30(19-16-13-9-2)24-37-26-35-7;1-6-10-13-16-19-24(5)22-26(21-18-15-12-8-3)23-25(9-4)20-17-14-11-7-2;;;;;;;/h27-28,31,33H,1-3,11,21-26H2,4-7H3;19-21,24-26H,1-3,9,22-23H2,4-5H3;1H2;6*1H. The van der Waals surface area contributed by atoms with E-state index in [-0.39, 0.29) is 64.3 Å². The van der Waals surface area contributed by atoms with E-state index < -0.39 is 0 Å². The molecule has 0 spiro atoms. The van der Waals surface area contributed by atoms with E-state index in [1.807, 2.05) is 25.2 Å². The average Bonchev–Trinajstić information content (AvgIpc) is 3.28. The van der Waals surface area contributed by atoms with Crippen molar-refractivity contribution < 1.29 is 38.1 Å². The molecule has 0 rings (SSSR count). The minimum Gasteiger partial charge on any atom is -0.504 e. The van der Waals surface area contributed by atoms with Gasteiger partial charge in [0.25, 0.3) is 0 Å². The molecule has 0 aromatic heterocycles. The third-order valence-electron chi connectivity index (χ3n) is 8.66. The zero-order valence-corrected chi connectivity index (χ0v) is 38.6. The van der Waals surface area contributed by atoms with Gasteiger partial charge in [0.15, 0.2) is 0 Å². The second kappa shape index (κ2) is 45.3. The molecule has 3 N–H and O–H groups in total. The van der Waals surface area contributed by atoms with Gasteiger partial charge in [-0.2, -0.15) is 0 Å². The fourth-order valence-corrected chi connectivity index (χ4v) is 5.63. The lowest BCUT2D eigenvalue weighted by Crippen LogP contribution is -2.19. The molecule has 0 saturated carbocycles. The van der Waals surface area contributed by atoms with E-state index in [9.17, 15) is 5.11 Å². The molecule has 0 aromatic carbocycles. The first-order chi connectivity index (χ1) is 30.7. The highest BCUT2D eigenvalue weighted by Crippen LogP contribution is 2.32. The summed E-state index contributed by atoms with van der Waals surface area (Å²) in [4.78, 5) is 0. The molecule has 6 nitrogen and oxygen atoms in total. The quantitative estimate of drug-likeness (QED) is 0.0452. The van der Waals surface area contributed by atoms with Crippen molar-refractivity contribution in [3.63, 3.8) is 0 Å². The number of allylic oxidation sites excluding steroid dienone is 4. The van der Waals surface area contributed by atoms with Crippen molar-refractivity contribution in [2.45, 2.75) is 66.2 Å². The predicted octanol–water partition coefficient (Wildman–Crippen LogP) is 13.4. The van der Waals surface area contributed by atoms with Crippen LogP contribution in [0.15, 0.2) is 212 Å². The molecule has 0 bridgehead atoms. The molecule has 0 radical (unpaired) electrons. The molecule has 6 unspecified atom stereocenters. The lowest BCUT2D eigenvalue weighted by Gasteiger charge is -2.25. The van der Waals surface area contributed by atoms with Crippen LogP contribution in [0, 0.1) is 35.5 Å². The lowest BCUT2D eigenvalue weighted by atomic mass is 9.80. The van der Waals surface area contributed by atoms with Crippen molar-refractivity contribution in [3.8, 4) is 0 Å². The Hall–Kier alpha value is -7.24. The Morgan fingerprint density at radius 2 is 0.953 bits per heavy atom. The smallest absolute Gasteiger partial charge is 0.146 e. The fraction of sp³-hybridized carbons (Fsp3) is 0.379. The predicted molar refractivity (Wildman–Crippen MR) is 268 cm³/mol. The molecule has 6 heteroatoms. The number of rotatable bonds is 24. The molecular weight excluding hydrogens is 793 g/mol. The molecule has 64 heavy (non-hydrogen) atoms. The van der Waals surface area contributed by atoms with E-state index in [0.717, 1.165) is 36.8 Å². The van der Waals surface area contributed by atoms with Crippen LogP contribution >= 0.6 is 0 Å². The monoisotopic (exact) mass is 867 g/mol. The van der Waals surface area contributed by atoms with Crippen LogP contribution in [0.5, 0.6) is 0 Å². The van der Waals surface area contributed by atoms with Crippen LogP contribution < -0.4 is 0 Å². The zero-order valence-electron chi connectivity index (χ0n) is 38.6. The number of methoxy groups -OCH3 is 2. The maximum absolute atomic E-state index is 10.9. The Morgan fingerprint density at radius 3 is 1.42 bits per heavy atom. The Bertz CT molecular complexity index is 2530. The van der Waals surface area contributed by atoms with Crippen molar-refractivity contribution in [1.29, 1.82) is 0 Å². The summed E-state index contributed by atoms with van der Waals surface area (Å²) in [6, 6.07) is 0. The van der Waals surface area contributed by atoms with Crippen molar-refractivity contribution in [2.75, 3.05) is 41.0 Å². The van der Waals surface area contributed by atoms with Gasteiger partial charge in [-0.1, -0.05) is 90.7 Å². The number of aliphatic hydroxyl groups excluding tert-OH is 1. The van der Waals surface area contributed by atoms with E-state index in [0.29, 0.717) is 30.6 Å². The first-order valence-electron chi connectivity index (χ1n) is 20.2. The van der Waals surface area contributed by atoms with Crippen LogP contribution in [0.1, 0.15) is 74.8 Å². The Morgan fingerprint density at radius 1 is 0.516 bits per heavy atom. The Balaban J connectivity index is -0.000000145. The topological polar surface area (TPSA) is 88.7 Å². The zero-order chi connectivity index (χ0) is 47.2. The SMILES string of the molecule is C=C=C=C=C=C(COCOC)C(C)CC(CC(CC)C(=C=C=C=C=C)COCOC)C(O)=C=C=C=C=C.C=C=C=C=C=CC(C)CC(C=C=C=C=C=C)CC(C=C=C=C=C=C)CC.O.[HH].[HH].[HH].[HH].[HH].[HH]. The fourth-order valence-electron chi connectivity index (χ4n) is 5.63. The second-order valence-electron chi connectivity index (χ2n) is 13.4. The summed E-state index contributed by atoms with van der Waals surface area (Å²) in [5.41, 5.74) is 67.1. The second-order valence-corrected chi connectivity index (χ2v) is 13.4. The number of aliphatic hydroxyl groups is 1. The normalized spacial score (nSPS) is 10.9. The van der Waals surface area contributed by atoms with Crippen LogP contribution in [0.2, 0.25) is 0 Å². The number of hydrogen-bond donors (Lipinski definition) is 1. The summed E-state index contributed by atoms with van der Waals surface area (Å²) in [6.45, 7) is 30.0. The van der Waals surface area contributed by atoms with Crippen LogP contribution in [-0.2, 0) is 18.9 Å². The van der Waals surface area contributed by atoms with Gasteiger partial charge in [0.05, 0.1) is 13.2 Å². The van der Waals surface area contributed by atoms with Crippen molar-refractivity contribution in [3.05, 3.63) is 212 Å². The van der Waals surface area contributed by atoms with Crippen LogP contribution in [0.4, 0.5) is 0 Å². The highest BCUT2D eigenvalue weighted by Gasteiger charge is 2.25. The van der Waals surface area contributed by atoms with Gasteiger partial charge in [0.2, 0.25) is 0 Å². The summed E-state index contributed by atoms with van der Waals surface area (Å²) in [5, 5.41) is 10.9. The Kier molecular flexibility index (Phi) is 43.2. The summed E-state index contributed by atoms with van der Waals surface area (Å²) in [6.07, 6.45) is 10.9. The molecule has 0 fully saturated rings. The Labute approximate surface area is 391 Å². The molecule has 0 heterocycles. The maximum atomic E-state index is 10.9. The third-order valence-corrected chi connectivity index (χ3v) is 8.66. The minimum absolute atomic E-state index is 0. The van der Waals surface area contributed by atoms with Gasteiger partial charge in [-0.25, -0.2) is 0 Å². The average molecular weight is 867 g/mol. The molecule has 0 aliphatic heterocycles. The first-order valence-corrected chi connectivity index (χ1v) is 20.2. The van der Waals surface area contributed by atoms with Gasteiger partial charge in [0, 0.05) is 39.8 Å². The van der Waals surface area contributed by atoms with Gasteiger partial charge in [0.1, 0.15) is 19.3 Å². The molecule has 342 valence electrons. The van der Waals surface area contributed by atoms with Gasteiger partial charge >= 0.3 is 0 Å². The van der Waals surface area contributed by atoms with Gasteiger partial charge < -0.3 is 29.5 Å². The van der Waals surface area contributed by atoms with E-state index in [1.54, 1.807) is 14.2 Å². The summed E-state index contributed by atoms with van der Waals surface area (Å²) in [7, 11) is 3.12. The molecule has 0 saturated heterocycles. The molecule has 0 amide bonds. The van der Waals surface area contributed by atoms with Crippen LogP contribution in [0.25, 0.3) is 0 Å². The van der Waals surface area contributed by atoms with Crippen LogP contribution in [-0.4, -0.2) is 51.6 Å². The van der Waals surface area contributed by atoms with E-state index in [4.69, 9.17) is 18.9 Å². The highest BCUT2D eigenvalue weighted by molar-refractivity contribution is 5.12. The number of ether oxygens (including phenoxy) is 4. The highest BCUT2D eigenvalue weighted by atomic mass is 16.7. The lowest BCUT2D eigenvalue weighted by molar-refractivity contribution is -0.0236. The largest absolute Gasteiger partial charge is 0.504 e. The van der Waals surface area contributed by atoms with Crippen molar-refractivity contribution >= 4 is 0 Å². The first kappa shape index (κ1) is 61.1. The van der Waals surface area contributed by atoms with E-state index >= 15 is 0 Å². The maximum Gasteiger partial charge on any atom is 0.146 e. The van der Waals surface area contributed by atoms with Crippen LogP contribution in [0.3, 0.4) is 0 Å². The third kappa shape index (κ3) is 34.5. The molecule has 0 aliphatic carbocycles. The summed E-state index contributed by atoms with van der Waals surface area (Å²) < 4.78 is 21.2. The summed E-state index contributed by atoms with van der Waals surface area (Å²) in [5.74, 6) is 0.741. The number of hydrogen-bond acceptors (Lipinski definition) is 5. The molecule has 6 atom stereocenters. The van der Waals surface area contributed by atoms with Crippen molar-refractivity contribution in [2.24, 2.45) is 35.5 Å². The van der Waals surface area contributed by atoms with Gasteiger partial charge in [-0.05, 0) is 200 Å². The molecule has 0 aliphatic rings. The molecule has 0 aromatic rings. The summed E-state index contributed by atoms with van der Waals surface area (Å²) >= 11 is 0. The van der Waals surface area contributed by atoms with E-state index in [1.165, 1.54) is 0 Å². The minimum atomic E-state index is -0.296. The van der Waals surface area contributed by atoms with Gasteiger partial charge in [-0.15, -0.1) is 0 Å².